The van der Waals surface area contributed by atoms with Gasteiger partial charge < -0.3 is 26.8 Å². The predicted octanol–water partition coefficient (Wildman–Crippen LogP) is 20.1. The van der Waals surface area contributed by atoms with Crippen LogP contribution in [0.2, 0.25) is 0 Å². The van der Waals surface area contributed by atoms with Crippen LogP contribution in [0, 0.1) is 0 Å². The smallest absolute Gasteiger partial charge is 0.156 e. The van der Waals surface area contributed by atoms with Gasteiger partial charge in [0.1, 0.15) is 11.0 Å². The van der Waals surface area contributed by atoms with Crippen molar-refractivity contribution in [2.75, 3.05) is 0 Å². The predicted molar refractivity (Wildman–Crippen MR) is 321 cm³/mol. The molecule has 75 heavy (non-hydrogen) atoms. The van der Waals surface area contributed by atoms with Gasteiger partial charge in [-0.3, -0.25) is 0 Å². The third-order valence-electron chi connectivity index (χ3n) is 16.6. The molecule has 376 valence electrons. The van der Waals surface area contributed by atoms with Crippen molar-refractivity contribution in [3.8, 4) is 11.4 Å². The fourth-order valence-electron chi connectivity index (χ4n) is 12.6. The molecule has 0 radical (unpaired) electrons. The van der Waals surface area contributed by atoms with E-state index in [1.807, 2.05) is 0 Å². The molecule has 0 aliphatic rings. The van der Waals surface area contributed by atoms with Crippen molar-refractivity contribution >= 4 is 111 Å². The molecule has 0 aliphatic carbocycles. The van der Waals surface area contributed by atoms with Crippen molar-refractivity contribution in [3.63, 3.8) is 0 Å². The van der Waals surface area contributed by atoms with Gasteiger partial charge in [-0.1, -0.05) is 172 Å². The molecule has 6 heterocycles. The van der Waals surface area contributed by atoms with Gasteiger partial charge in [-0.05, 0) is 117 Å². The summed E-state index contributed by atoms with van der Waals surface area (Å²) in [7, 11) is -1.23. The Morgan fingerprint density at radius 1 is 0.333 bits per heavy atom. The topological polar surface area (TPSA) is 45.0 Å². The molecule has 8 aromatic carbocycles. The zero-order chi connectivity index (χ0) is 52.4. The first-order chi connectivity index (χ1) is 35.4. The molecule has 0 unspecified atom stereocenters. The minimum absolute atomic E-state index is 0.00243. The first kappa shape index (κ1) is 46.4. The first-order valence-corrected chi connectivity index (χ1v) is 28.3. The second-order valence-corrected chi connectivity index (χ2v) is 28.9. The van der Waals surface area contributed by atoms with Crippen molar-refractivity contribution in [3.05, 3.63) is 161 Å². The molecule has 7 heteroatoms. The highest BCUT2D eigenvalue weighted by Gasteiger charge is 2.34. The summed E-state index contributed by atoms with van der Waals surface area (Å²) in [4.78, 5) is 0. The van der Waals surface area contributed by atoms with Crippen LogP contribution in [-0.4, -0.2) is 17.9 Å². The summed E-state index contributed by atoms with van der Waals surface area (Å²) in [6.45, 7) is 34.8. The minimum atomic E-state index is -1.23. The van der Waals surface area contributed by atoms with Gasteiger partial charge in [0.05, 0.1) is 60.1 Å². The molecule has 6 aromatic heterocycles. The Labute approximate surface area is 439 Å². The fourth-order valence-corrected chi connectivity index (χ4v) is 15.6. The number of hydrogen-bond acceptors (Lipinski definition) is 2. The zero-order valence-corrected chi connectivity index (χ0v) is 47.1. The second-order valence-electron chi connectivity index (χ2n) is 26.8. The van der Waals surface area contributed by atoms with Crippen molar-refractivity contribution in [2.45, 2.75) is 131 Å². The quantitative estimate of drug-likeness (QED) is 0.128. The van der Waals surface area contributed by atoms with E-state index in [-0.39, 0.29) is 27.1 Å². The third kappa shape index (κ3) is 6.45. The Bertz CT molecular complexity index is 4500. The van der Waals surface area contributed by atoms with Gasteiger partial charge in [-0.2, -0.15) is 0 Å². The van der Waals surface area contributed by atoms with Crippen molar-refractivity contribution < 1.29 is 8.83 Å². The summed E-state index contributed by atoms with van der Waals surface area (Å²) in [5.41, 5.74) is 22.9. The molecule has 0 amide bonds. The van der Waals surface area contributed by atoms with E-state index in [1.54, 1.807) is 0 Å². The maximum atomic E-state index is 7.59. The van der Waals surface area contributed by atoms with E-state index in [1.165, 1.54) is 87.0 Å². The molecule has 0 saturated heterocycles. The fraction of sp³-hybridized carbons (Fsp3) is 0.294. The monoisotopic (exact) mass is 1000 g/mol. The van der Waals surface area contributed by atoms with Crippen LogP contribution >= 0.6 is 7.34 Å². The summed E-state index contributed by atoms with van der Waals surface area (Å²) in [6, 6.07) is 51.2. The summed E-state index contributed by atoms with van der Waals surface area (Å²) in [5.74, 6) is 0. The van der Waals surface area contributed by atoms with E-state index in [4.69, 9.17) is 8.83 Å². The zero-order valence-electron chi connectivity index (χ0n) is 46.3. The lowest BCUT2D eigenvalue weighted by Gasteiger charge is -2.32. The summed E-state index contributed by atoms with van der Waals surface area (Å²) in [6.07, 6.45) is 0. The van der Waals surface area contributed by atoms with Crippen LogP contribution in [0.1, 0.15) is 132 Å². The van der Waals surface area contributed by atoms with E-state index < -0.39 is 7.34 Å². The minimum Gasteiger partial charge on any atom is -0.453 e. The number of aromatic nitrogens is 4. The number of fused-ring (bicyclic) bond motifs is 9. The van der Waals surface area contributed by atoms with Crippen LogP contribution in [0.5, 0.6) is 0 Å². The molecule has 14 rings (SSSR count). The molecule has 0 spiro atoms. The Hall–Kier alpha value is -7.14. The first-order valence-electron chi connectivity index (χ1n) is 26.9. The van der Waals surface area contributed by atoms with Crippen LogP contribution in [0.25, 0.3) is 115 Å². The number of nitrogens with zero attached hydrogens (tertiary/aromatic N) is 4. The molecule has 0 bridgehead atoms. The van der Waals surface area contributed by atoms with Crippen LogP contribution in [-0.2, 0) is 27.1 Å². The van der Waals surface area contributed by atoms with Crippen LogP contribution < -0.4 is 0 Å². The van der Waals surface area contributed by atoms with Gasteiger partial charge >= 0.3 is 0 Å². The van der Waals surface area contributed by atoms with Crippen molar-refractivity contribution in [2.24, 2.45) is 0 Å². The normalized spacial score (nSPS) is 13.8. The van der Waals surface area contributed by atoms with E-state index in [0.29, 0.717) is 0 Å². The average molecular weight is 1000 g/mol. The Morgan fingerprint density at radius 3 is 1.15 bits per heavy atom. The molecule has 0 aliphatic heterocycles. The molecule has 0 fully saturated rings. The molecule has 6 nitrogen and oxygen atoms in total. The Kier molecular flexibility index (Phi) is 9.17. The van der Waals surface area contributed by atoms with Gasteiger partial charge in [0.25, 0.3) is 0 Å². The summed E-state index contributed by atoms with van der Waals surface area (Å²) >= 11 is 0. The summed E-state index contributed by atoms with van der Waals surface area (Å²) < 4.78 is 25.5. The maximum Gasteiger partial charge on any atom is 0.156 e. The molecule has 0 saturated carbocycles. The average Bonchev–Trinajstić information content (AvgIpc) is 3.86. The highest BCUT2D eigenvalue weighted by atomic mass is 31.1. The van der Waals surface area contributed by atoms with Gasteiger partial charge in [0.15, 0.2) is 22.3 Å². The molecular formula is C68H67N4O2P. The number of para-hydroxylation sites is 2. The van der Waals surface area contributed by atoms with Crippen molar-refractivity contribution in [1.29, 1.82) is 0 Å². The van der Waals surface area contributed by atoms with E-state index in [9.17, 15) is 0 Å². The second kappa shape index (κ2) is 14.8. The van der Waals surface area contributed by atoms with Crippen molar-refractivity contribution in [1.82, 2.24) is 17.9 Å². The van der Waals surface area contributed by atoms with Gasteiger partial charge in [-0.15, -0.1) is 0 Å². The van der Waals surface area contributed by atoms with Crippen LogP contribution in [0.3, 0.4) is 0 Å². The third-order valence-corrected chi connectivity index (χ3v) is 19.2. The highest BCUT2D eigenvalue weighted by Crippen LogP contribution is 2.60. The van der Waals surface area contributed by atoms with Gasteiger partial charge in [0, 0.05) is 32.7 Å². The largest absolute Gasteiger partial charge is 0.453 e. The standard InChI is InChI=1S/C68H67N4O2P/c1-64(2,3)38-24-28-41(29-25-38)69-53-36-45(67(10,11)12)59-57-62(53)75-61-51(71(57)49-30-26-39(65(4,5)6)32-55(49)73-59)34-42(70-47-22-18-16-20-43(47)44-21-17-19-23-48(44)70)35-52(61)72-50-31-27-40(66(7,8)9)33-56(50)74-60-46(68(13,14)15)37-54(69)63(75)58(60)72/h16-37H,1-15H3. The number of hydrogen-bond donors (Lipinski definition) is 0. The molecular weight excluding hydrogens is 936 g/mol. The highest BCUT2D eigenvalue weighted by molar-refractivity contribution is 7.63. The van der Waals surface area contributed by atoms with E-state index in [0.717, 1.165) is 55.8 Å². The Balaban J connectivity index is 1.35. The van der Waals surface area contributed by atoms with Crippen LogP contribution in [0.15, 0.2) is 142 Å². The number of benzene rings is 8. The SMILES string of the molecule is CC(C)(C)c1ccc(-n2c3cc(C(C)(C)C)c4oc5cc(C(C)(C)C)ccc5n5c6cc(-n7c8ccccc8c8ccccc87)cc7c6p(c3c45)c3c2cc(C(C)(C)C)c2oc4cc(C(C)(C)C)ccc4n7c23)cc1. The lowest BCUT2D eigenvalue weighted by molar-refractivity contribution is 0.566. The van der Waals surface area contributed by atoms with Gasteiger partial charge in [0.2, 0.25) is 0 Å². The van der Waals surface area contributed by atoms with E-state index in [2.05, 4.69) is 255 Å². The lowest BCUT2D eigenvalue weighted by Crippen LogP contribution is -2.17. The van der Waals surface area contributed by atoms with E-state index >= 15 is 0 Å². The van der Waals surface area contributed by atoms with Crippen LogP contribution in [0.4, 0.5) is 0 Å². The number of rotatable bonds is 2. The maximum absolute atomic E-state index is 7.59. The molecule has 0 atom stereocenters. The van der Waals surface area contributed by atoms with Gasteiger partial charge in [-0.25, -0.2) is 0 Å². The lowest BCUT2D eigenvalue weighted by atomic mass is 9.85. The molecule has 0 N–H and O–H groups in total. The molecule has 14 aromatic rings. The summed E-state index contributed by atoms with van der Waals surface area (Å²) in [5, 5.41) is 6.48. The Morgan fingerprint density at radius 2 is 0.733 bits per heavy atom.